The number of anilines is 1. The Kier molecular flexibility index (Phi) is 4.21. The van der Waals surface area contributed by atoms with Gasteiger partial charge in [-0.2, -0.15) is 0 Å². The van der Waals surface area contributed by atoms with Crippen molar-refractivity contribution in [3.05, 3.63) is 28.2 Å². The molecule has 0 amide bonds. The first-order valence-electron chi connectivity index (χ1n) is 7.01. The van der Waals surface area contributed by atoms with Crippen LogP contribution in [-0.2, 0) is 0 Å². The van der Waals surface area contributed by atoms with Crippen LogP contribution in [0.5, 0.6) is 0 Å². The van der Waals surface area contributed by atoms with Crippen LogP contribution in [0.25, 0.3) is 0 Å². The molecule has 1 saturated carbocycles. The Morgan fingerprint density at radius 1 is 1.30 bits per heavy atom. The van der Waals surface area contributed by atoms with Crippen LogP contribution >= 0.6 is 35.0 Å². The van der Waals surface area contributed by atoms with Gasteiger partial charge >= 0.3 is 0 Å². The lowest BCUT2D eigenvalue weighted by atomic mass is 9.79. The normalized spacial score (nSPS) is 29.6. The molecule has 3 rings (SSSR count). The van der Waals surface area contributed by atoms with Crippen molar-refractivity contribution in [1.82, 2.24) is 0 Å². The monoisotopic (exact) mass is 328 g/mol. The summed E-state index contributed by atoms with van der Waals surface area (Å²) in [7, 11) is 0. The SMILES string of the molecule is CC1CCC2(CC1)CSC(Nc1cc(Cl)ccc1Cl)=N2. The van der Waals surface area contributed by atoms with Crippen molar-refractivity contribution in [2.45, 2.75) is 38.1 Å². The van der Waals surface area contributed by atoms with E-state index in [4.69, 9.17) is 28.2 Å². The van der Waals surface area contributed by atoms with Crippen LogP contribution in [0.4, 0.5) is 5.69 Å². The number of hydrogen-bond donors (Lipinski definition) is 1. The van der Waals surface area contributed by atoms with Gasteiger partial charge in [-0.15, -0.1) is 0 Å². The molecule has 5 heteroatoms. The van der Waals surface area contributed by atoms with Gasteiger partial charge < -0.3 is 5.32 Å². The summed E-state index contributed by atoms with van der Waals surface area (Å²) in [6.45, 7) is 2.34. The molecular formula is C15H18Cl2N2S. The fraction of sp³-hybridized carbons (Fsp3) is 0.533. The van der Waals surface area contributed by atoms with Gasteiger partial charge in [0.05, 0.1) is 16.2 Å². The van der Waals surface area contributed by atoms with E-state index in [-0.39, 0.29) is 5.54 Å². The minimum atomic E-state index is 0.157. The summed E-state index contributed by atoms with van der Waals surface area (Å²) >= 11 is 14.0. The fourth-order valence-corrected chi connectivity index (χ4v) is 4.35. The van der Waals surface area contributed by atoms with E-state index in [0.29, 0.717) is 10.0 Å². The number of aliphatic imine (C=N–C) groups is 1. The summed E-state index contributed by atoms with van der Waals surface area (Å²) < 4.78 is 0. The molecule has 2 nitrogen and oxygen atoms in total. The van der Waals surface area contributed by atoms with Crippen molar-refractivity contribution in [2.75, 3.05) is 11.1 Å². The highest BCUT2D eigenvalue weighted by atomic mass is 35.5. The zero-order chi connectivity index (χ0) is 14.2. The van der Waals surface area contributed by atoms with Crippen LogP contribution < -0.4 is 5.32 Å². The maximum atomic E-state index is 6.19. The summed E-state index contributed by atoms with van der Waals surface area (Å²) in [5.74, 6) is 1.93. The number of rotatable bonds is 1. The van der Waals surface area contributed by atoms with Crippen molar-refractivity contribution in [3.63, 3.8) is 0 Å². The topological polar surface area (TPSA) is 24.4 Å². The highest BCUT2D eigenvalue weighted by Crippen LogP contribution is 2.42. The quantitative estimate of drug-likeness (QED) is 0.740. The highest BCUT2D eigenvalue weighted by Gasteiger charge is 2.38. The second-order valence-corrected chi connectivity index (χ2v) is 7.67. The Labute approximate surface area is 134 Å². The third-order valence-electron chi connectivity index (χ3n) is 4.19. The van der Waals surface area contributed by atoms with E-state index in [1.54, 1.807) is 17.8 Å². The molecule has 0 aromatic heterocycles. The summed E-state index contributed by atoms with van der Waals surface area (Å²) in [4.78, 5) is 4.95. The number of halogens is 2. The van der Waals surface area contributed by atoms with Gasteiger partial charge in [0.15, 0.2) is 5.17 Å². The van der Waals surface area contributed by atoms with Crippen molar-refractivity contribution in [1.29, 1.82) is 0 Å². The Morgan fingerprint density at radius 3 is 2.80 bits per heavy atom. The van der Waals surface area contributed by atoms with E-state index < -0.39 is 0 Å². The van der Waals surface area contributed by atoms with Gasteiger partial charge in [0.2, 0.25) is 0 Å². The Hall–Kier alpha value is -0.380. The minimum Gasteiger partial charge on any atom is -0.334 e. The van der Waals surface area contributed by atoms with Gasteiger partial charge in [-0.05, 0) is 49.8 Å². The molecule has 1 aliphatic heterocycles. The van der Waals surface area contributed by atoms with E-state index in [9.17, 15) is 0 Å². The lowest BCUT2D eigenvalue weighted by Crippen LogP contribution is -2.32. The summed E-state index contributed by atoms with van der Waals surface area (Å²) in [5, 5.41) is 5.66. The predicted molar refractivity (Wildman–Crippen MR) is 90.3 cm³/mol. The third-order valence-corrected chi connectivity index (χ3v) is 5.90. The Bertz CT molecular complexity index is 537. The smallest absolute Gasteiger partial charge is 0.161 e. The van der Waals surface area contributed by atoms with Crippen LogP contribution in [-0.4, -0.2) is 16.5 Å². The molecule has 1 fully saturated rings. The number of benzene rings is 1. The van der Waals surface area contributed by atoms with E-state index in [1.807, 2.05) is 12.1 Å². The molecule has 2 aliphatic rings. The molecule has 0 atom stereocenters. The largest absolute Gasteiger partial charge is 0.334 e. The minimum absolute atomic E-state index is 0.157. The maximum Gasteiger partial charge on any atom is 0.161 e. The highest BCUT2D eigenvalue weighted by molar-refractivity contribution is 8.14. The predicted octanol–water partition coefficient (Wildman–Crippen LogP) is 5.46. The van der Waals surface area contributed by atoms with Crippen molar-refractivity contribution in [2.24, 2.45) is 10.9 Å². The molecule has 0 radical (unpaired) electrons. The molecular weight excluding hydrogens is 311 g/mol. The van der Waals surface area contributed by atoms with Crippen molar-refractivity contribution < 1.29 is 0 Å². The first-order valence-corrected chi connectivity index (χ1v) is 8.75. The van der Waals surface area contributed by atoms with Gasteiger partial charge in [0, 0.05) is 10.8 Å². The molecule has 0 saturated heterocycles. The lowest BCUT2D eigenvalue weighted by molar-refractivity contribution is 0.273. The van der Waals surface area contributed by atoms with Gasteiger partial charge in [-0.1, -0.05) is 41.9 Å². The number of hydrogen-bond acceptors (Lipinski definition) is 3. The van der Waals surface area contributed by atoms with Crippen LogP contribution in [0.2, 0.25) is 10.0 Å². The molecule has 1 aliphatic carbocycles. The zero-order valence-electron chi connectivity index (χ0n) is 11.5. The van der Waals surface area contributed by atoms with E-state index >= 15 is 0 Å². The molecule has 1 heterocycles. The molecule has 0 bridgehead atoms. The van der Waals surface area contributed by atoms with Gasteiger partial charge in [0.25, 0.3) is 0 Å². The van der Waals surface area contributed by atoms with Crippen LogP contribution in [0, 0.1) is 5.92 Å². The molecule has 1 spiro atoms. The summed E-state index contributed by atoms with van der Waals surface area (Å²) in [6.07, 6.45) is 4.98. The second-order valence-electron chi connectivity index (χ2n) is 5.86. The van der Waals surface area contributed by atoms with Crippen LogP contribution in [0.15, 0.2) is 23.2 Å². The molecule has 1 N–H and O–H groups in total. The number of thioether (sulfide) groups is 1. The van der Waals surface area contributed by atoms with Crippen molar-refractivity contribution >= 4 is 45.8 Å². The van der Waals surface area contributed by atoms with Gasteiger partial charge in [-0.25, -0.2) is 0 Å². The van der Waals surface area contributed by atoms with Gasteiger partial charge in [0.1, 0.15) is 0 Å². The van der Waals surface area contributed by atoms with Crippen LogP contribution in [0.1, 0.15) is 32.6 Å². The average Bonchev–Trinajstić information content (AvgIpc) is 2.81. The molecule has 20 heavy (non-hydrogen) atoms. The Morgan fingerprint density at radius 2 is 2.05 bits per heavy atom. The number of amidine groups is 1. The summed E-state index contributed by atoms with van der Waals surface area (Å²) in [6, 6.07) is 5.45. The molecule has 0 unspecified atom stereocenters. The first kappa shape index (κ1) is 14.6. The Balaban J connectivity index is 1.74. The van der Waals surface area contributed by atoms with Crippen molar-refractivity contribution in [3.8, 4) is 0 Å². The van der Waals surface area contributed by atoms with Crippen LogP contribution in [0.3, 0.4) is 0 Å². The molecule has 1 aromatic carbocycles. The average molecular weight is 329 g/mol. The second kappa shape index (κ2) is 5.78. The number of nitrogens with one attached hydrogen (secondary N) is 1. The van der Waals surface area contributed by atoms with E-state index in [2.05, 4.69) is 12.2 Å². The first-order chi connectivity index (χ1) is 9.56. The third kappa shape index (κ3) is 3.10. The fourth-order valence-electron chi connectivity index (χ4n) is 2.81. The molecule has 1 aromatic rings. The lowest BCUT2D eigenvalue weighted by Gasteiger charge is -2.32. The van der Waals surface area contributed by atoms with E-state index in [1.165, 1.54) is 25.7 Å². The molecule has 108 valence electrons. The summed E-state index contributed by atoms with van der Waals surface area (Å²) in [5.41, 5.74) is 0.997. The maximum absolute atomic E-state index is 6.19. The van der Waals surface area contributed by atoms with E-state index in [0.717, 1.165) is 22.5 Å². The standard InChI is InChI=1S/C15H18Cl2N2S/c1-10-4-6-15(7-5-10)9-20-14(19-15)18-13-8-11(16)2-3-12(13)17/h2-3,8,10H,4-7,9H2,1H3,(H,18,19). The van der Waals surface area contributed by atoms with Gasteiger partial charge in [-0.3, -0.25) is 4.99 Å². The zero-order valence-corrected chi connectivity index (χ0v) is 13.8. The number of nitrogens with zero attached hydrogens (tertiary/aromatic N) is 1.